The first-order chi connectivity index (χ1) is 10.2. The molecule has 2 aliphatic rings. The van der Waals surface area contributed by atoms with Crippen LogP contribution in [0.1, 0.15) is 12.8 Å². The number of piperidine rings is 1. The minimum Gasteiger partial charge on any atom is -0.481 e. The molecule has 2 heterocycles. The standard InChI is InChI=1S/C15H18FNO3S/c16-12-3-1-2-4-13(12)19-11-14(18)17-7-5-15(6-8-17)20-9-10-21-15/h1-4H,5-11H2. The lowest BCUT2D eigenvalue weighted by Gasteiger charge is -2.37. The van der Waals surface area contributed by atoms with Gasteiger partial charge in [-0.15, -0.1) is 11.8 Å². The first-order valence-electron chi connectivity index (χ1n) is 7.12. The molecular weight excluding hydrogens is 293 g/mol. The van der Waals surface area contributed by atoms with Crippen LogP contribution in [-0.2, 0) is 9.53 Å². The minimum absolute atomic E-state index is 0.0802. The zero-order valence-electron chi connectivity index (χ0n) is 11.7. The highest BCUT2D eigenvalue weighted by molar-refractivity contribution is 8.00. The van der Waals surface area contributed by atoms with E-state index in [9.17, 15) is 9.18 Å². The summed E-state index contributed by atoms with van der Waals surface area (Å²) in [4.78, 5) is 13.8. The Morgan fingerprint density at radius 2 is 2.14 bits per heavy atom. The second kappa shape index (κ2) is 6.23. The van der Waals surface area contributed by atoms with Gasteiger partial charge in [0.05, 0.1) is 6.61 Å². The average molecular weight is 311 g/mol. The van der Waals surface area contributed by atoms with Crippen molar-refractivity contribution in [1.29, 1.82) is 0 Å². The number of halogens is 1. The van der Waals surface area contributed by atoms with Gasteiger partial charge in [0.2, 0.25) is 0 Å². The first-order valence-corrected chi connectivity index (χ1v) is 8.10. The van der Waals surface area contributed by atoms with Crippen molar-refractivity contribution in [3.8, 4) is 5.75 Å². The summed E-state index contributed by atoms with van der Waals surface area (Å²) in [6.45, 7) is 2.02. The molecule has 0 N–H and O–H groups in total. The van der Waals surface area contributed by atoms with Gasteiger partial charge in [0, 0.05) is 31.7 Å². The molecule has 1 aromatic rings. The van der Waals surface area contributed by atoms with Gasteiger partial charge >= 0.3 is 0 Å². The normalized spacial score (nSPS) is 20.7. The third kappa shape index (κ3) is 3.32. The number of benzene rings is 1. The predicted molar refractivity (Wildman–Crippen MR) is 78.9 cm³/mol. The summed E-state index contributed by atoms with van der Waals surface area (Å²) in [6.07, 6.45) is 1.70. The van der Waals surface area contributed by atoms with Crippen LogP contribution in [0.5, 0.6) is 5.75 Å². The van der Waals surface area contributed by atoms with E-state index in [4.69, 9.17) is 9.47 Å². The van der Waals surface area contributed by atoms with E-state index >= 15 is 0 Å². The lowest BCUT2D eigenvalue weighted by Crippen LogP contribution is -2.46. The molecule has 0 bridgehead atoms. The molecule has 0 unspecified atom stereocenters. The first kappa shape index (κ1) is 14.7. The number of likely N-dealkylation sites (tertiary alicyclic amines) is 1. The Bertz CT molecular complexity index is 509. The summed E-state index contributed by atoms with van der Waals surface area (Å²) < 4.78 is 24.5. The molecule has 0 aliphatic carbocycles. The van der Waals surface area contributed by atoms with Crippen molar-refractivity contribution in [3.05, 3.63) is 30.1 Å². The maximum atomic E-state index is 13.4. The molecule has 3 rings (SSSR count). The fourth-order valence-electron chi connectivity index (χ4n) is 2.68. The molecule has 4 nitrogen and oxygen atoms in total. The second-order valence-corrected chi connectivity index (χ2v) is 6.65. The van der Waals surface area contributed by atoms with Gasteiger partial charge in [0.15, 0.2) is 18.2 Å². The maximum Gasteiger partial charge on any atom is 0.260 e. The molecule has 2 aliphatic heterocycles. The molecule has 2 saturated heterocycles. The summed E-state index contributed by atoms with van der Waals surface area (Å²) in [6, 6.07) is 6.12. The van der Waals surface area contributed by atoms with Crippen LogP contribution in [0.2, 0.25) is 0 Å². The van der Waals surface area contributed by atoms with E-state index in [2.05, 4.69) is 0 Å². The van der Waals surface area contributed by atoms with Crippen molar-refractivity contribution in [3.63, 3.8) is 0 Å². The molecule has 114 valence electrons. The summed E-state index contributed by atoms with van der Waals surface area (Å²) in [5.74, 6) is 0.605. The Balaban J connectivity index is 1.49. The van der Waals surface area contributed by atoms with Crippen LogP contribution < -0.4 is 4.74 Å². The number of ether oxygens (including phenoxy) is 2. The zero-order valence-corrected chi connectivity index (χ0v) is 12.5. The smallest absolute Gasteiger partial charge is 0.260 e. The number of thioether (sulfide) groups is 1. The van der Waals surface area contributed by atoms with Crippen LogP contribution in [-0.4, -0.2) is 47.8 Å². The van der Waals surface area contributed by atoms with Gasteiger partial charge in [0.1, 0.15) is 4.93 Å². The SMILES string of the molecule is O=C(COc1ccccc1F)N1CCC2(CC1)OCCS2. The van der Waals surface area contributed by atoms with Gasteiger partial charge in [-0.05, 0) is 12.1 Å². The van der Waals surface area contributed by atoms with E-state index in [1.807, 2.05) is 11.8 Å². The third-order valence-corrected chi connectivity index (χ3v) is 5.30. The number of rotatable bonds is 3. The van der Waals surface area contributed by atoms with Gasteiger partial charge in [-0.1, -0.05) is 12.1 Å². The largest absolute Gasteiger partial charge is 0.481 e. The Morgan fingerprint density at radius 3 is 2.81 bits per heavy atom. The number of carbonyl (C=O) groups excluding carboxylic acids is 1. The van der Waals surface area contributed by atoms with Gasteiger partial charge < -0.3 is 14.4 Å². The Morgan fingerprint density at radius 1 is 1.38 bits per heavy atom. The summed E-state index contributed by atoms with van der Waals surface area (Å²) >= 11 is 1.85. The lowest BCUT2D eigenvalue weighted by molar-refractivity contribution is -0.136. The van der Waals surface area contributed by atoms with Gasteiger partial charge in [-0.3, -0.25) is 4.79 Å². The highest BCUT2D eigenvalue weighted by Crippen LogP contribution is 2.41. The van der Waals surface area contributed by atoms with Gasteiger partial charge in [0.25, 0.3) is 5.91 Å². The van der Waals surface area contributed by atoms with Crippen molar-refractivity contribution < 1.29 is 18.7 Å². The quantitative estimate of drug-likeness (QED) is 0.858. The number of carbonyl (C=O) groups is 1. The van der Waals surface area contributed by atoms with E-state index < -0.39 is 5.82 Å². The molecule has 1 spiro atoms. The fourth-order valence-corrected chi connectivity index (χ4v) is 3.85. The van der Waals surface area contributed by atoms with E-state index in [-0.39, 0.29) is 23.2 Å². The van der Waals surface area contributed by atoms with Crippen LogP contribution in [0.4, 0.5) is 4.39 Å². The highest BCUT2D eigenvalue weighted by Gasteiger charge is 2.40. The fraction of sp³-hybridized carbons (Fsp3) is 0.533. The highest BCUT2D eigenvalue weighted by atomic mass is 32.2. The Kier molecular flexibility index (Phi) is 4.35. The second-order valence-electron chi connectivity index (χ2n) is 5.21. The summed E-state index contributed by atoms with van der Waals surface area (Å²) in [5.41, 5.74) is 0. The molecule has 21 heavy (non-hydrogen) atoms. The van der Waals surface area contributed by atoms with Crippen LogP contribution in [0.3, 0.4) is 0 Å². The minimum atomic E-state index is -0.446. The third-order valence-electron chi connectivity index (χ3n) is 3.88. The molecule has 2 fully saturated rings. The van der Waals surface area contributed by atoms with Crippen LogP contribution >= 0.6 is 11.8 Å². The van der Waals surface area contributed by atoms with Crippen molar-refractivity contribution in [1.82, 2.24) is 4.90 Å². The van der Waals surface area contributed by atoms with E-state index in [1.165, 1.54) is 12.1 Å². The van der Waals surface area contributed by atoms with Crippen molar-refractivity contribution in [2.45, 2.75) is 17.8 Å². The Hall–Kier alpha value is -1.27. The molecule has 0 radical (unpaired) electrons. The van der Waals surface area contributed by atoms with Crippen molar-refractivity contribution in [2.24, 2.45) is 0 Å². The lowest BCUT2D eigenvalue weighted by atomic mass is 10.1. The average Bonchev–Trinajstić information content (AvgIpc) is 2.95. The summed E-state index contributed by atoms with van der Waals surface area (Å²) in [7, 11) is 0. The molecular formula is C15H18FNO3S. The number of para-hydroxylation sites is 1. The molecule has 0 saturated carbocycles. The van der Waals surface area contributed by atoms with E-state index in [1.54, 1.807) is 17.0 Å². The molecule has 0 aromatic heterocycles. The van der Waals surface area contributed by atoms with Crippen LogP contribution in [0.25, 0.3) is 0 Å². The number of hydrogen-bond donors (Lipinski definition) is 0. The molecule has 0 atom stereocenters. The zero-order chi connectivity index (χ0) is 14.7. The van der Waals surface area contributed by atoms with Gasteiger partial charge in [-0.25, -0.2) is 4.39 Å². The summed E-state index contributed by atoms with van der Waals surface area (Å²) in [5, 5.41) is 0. The molecule has 1 aromatic carbocycles. The van der Waals surface area contributed by atoms with E-state index in [0.29, 0.717) is 13.1 Å². The van der Waals surface area contributed by atoms with E-state index in [0.717, 1.165) is 25.2 Å². The maximum absolute atomic E-state index is 13.4. The number of nitrogens with zero attached hydrogens (tertiary/aromatic N) is 1. The molecule has 6 heteroatoms. The van der Waals surface area contributed by atoms with Crippen LogP contribution in [0, 0.1) is 5.82 Å². The molecule has 1 amide bonds. The van der Waals surface area contributed by atoms with Gasteiger partial charge in [-0.2, -0.15) is 0 Å². The Labute approximate surface area is 127 Å². The van der Waals surface area contributed by atoms with Crippen molar-refractivity contribution >= 4 is 17.7 Å². The topological polar surface area (TPSA) is 38.8 Å². The number of amides is 1. The van der Waals surface area contributed by atoms with Crippen LogP contribution in [0.15, 0.2) is 24.3 Å². The predicted octanol–water partition coefficient (Wildman–Crippen LogP) is 2.29. The van der Waals surface area contributed by atoms with Crippen molar-refractivity contribution in [2.75, 3.05) is 32.1 Å². The number of hydrogen-bond acceptors (Lipinski definition) is 4. The monoisotopic (exact) mass is 311 g/mol.